The number of ether oxygens (including phenoxy) is 2. The zero-order chi connectivity index (χ0) is 16.7. The Hall–Kier alpha value is -0.861. The number of nitrogens with zero attached hydrogens (tertiary/aromatic N) is 4. The van der Waals surface area contributed by atoms with Crippen LogP contribution in [0, 0.1) is 0 Å². The van der Waals surface area contributed by atoms with E-state index in [0.717, 1.165) is 62.9 Å². The molecule has 0 saturated carbocycles. The molecule has 0 aliphatic carbocycles. The average Bonchev–Trinajstić information content (AvgIpc) is 3.22. The molecule has 4 heterocycles. The Bertz CT molecular complexity index is 728. The van der Waals surface area contributed by atoms with Crippen LogP contribution in [0.4, 0.5) is 5.82 Å². The van der Waals surface area contributed by atoms with Crippen molar-refractivity contribution in [2.24, 2.45) is 0 Å². The monoisotopic (exact) mass is 438 g/mol. The third-order valence-electron chi connectivity index (χ3n) is 4.79. The first kappa shape index (κ1) is 16.6. The fourth-order valence-electron chi connectivity index (χ4n) is 3.35. The van der Waals surface area contributed by atoms with E-state index in [2.05, 4.69) is 31.9 Å². The van der Waals surface area contributed by atoms with E-state index < -0.39 is 18.4 Å². The molecule has 0 radical (unpaired) electrons. The van der Waals surface area contributed by atoms with Crippen molar-refractivity contribution in [2.75, 3.05) is 37.8 Å². The van der Waals surface area contributed by atoms with Crippen molar-refractivity contribution in [1.82, 2.24) is 14.6 Å². The Balaban J connectivity index is 1.82. The van der Waals surface area contributed by atoms with Gasteiger partial charge < -0.3 is 0 Å². The molecule has 1 unspecified atom stereocenters. The van der Waals surface area contributed by atoms with Gasteiger partial charge in [-0.15, -0.1) is 0 Å². The molecule has 0 bridgehead atoms. The van der Waals surface area contributed by atoms with E-state index in [1.807, 2.05) is 4.52 Å². The van der Waals surface area contributed by atoms with E-state index in [4.69, 9.17) is 19.6 Å². The van der Waals surface area contributed by atoms with Crippen LogP contribution in [0.5, 0.6) is 0 Å². The number of rotatable bonds is 3. The first-order valence-corrected chi connectivity index (χ1v) is 18.9. The third-order valence-corrected chi connectivity index (χ3v) is 9.91. The van der Waals surface area contributed by atoms with Crippen LogP contribution >= 0.6 is 0 Å². The molecule has 2 fully saturated rings. The second-order valence-corrected chi connectivity index (χ2v) is 22.0. The van der Waals surface area contributed by atoms with Gasteiger partial charge in [0.15, 0.2) is 0 Å². The topological polar surface area (TPSA) is 51.9 Å². The van der Waals surface area contributed by atoms with E-state index in [1.54, 1.807) is 0 Å². The molecule has 130 valence electrons. The van der Waals surface area contributed by atoms with Gasteiger partial charge in [-0.05, 0) is 0 Å². The Kier molecular flexibility index (Phi) is 4.47. The zero-order valence-corrected chi connectivity index (χ0v) is 17.6. The van der Waals surface area contributed by atoms with Crippen LogP contribution < -0.4 is 8.61 Å². The molecule has 0 amide bonds. The average molecular weight is 437 g/mol. The third kappa shape index (κ3) is 3.15. The van der Waals surface area contributed by atoms with Gasteiger partial charge in [0, 0.05) is 0 Å². The fourth-order valence-corrected chi connectivity index (χ4v) is 6.24. The number of fused-ring (bicyclic) bond motifs is 1. The number of hydrogen-bond acceptors (Lipinski definition) is 5. The number of anilines is 1. The second-order valence-electron chi connectivity index (χ2n) is 7.69. The molecule has 24 heavy (non-hydrogen) atoms. The van der Waals surface area contributed by atoms with Crippen LogP contribution in [0.1, 0.15) is 24.6 Å². The summed E-state index contributed by atoms with van der Waals surface area (Å²) in [6.45, 7) is 4.21. The zero-order valence-electron chi connectivity index (χ0n) is 14.8. The van der Waals surface area contributed by atoms with E-state index in [9.17, 15) is 0 Å². The molecular formula is C17H26N4O2Sn. The predicted molar refractivity (Wildman–Crippen MR) is 96.9 cm³/mol. The number of morpholine rings is 1. The molecule has 2 aromatic heterocycles. The standard InChI is InChI=1S/C14H17N4O2.3CH3.Sn/c1-2-12(20-7-1)11-10-13-15-4-3-14(18(13)16-11)17-5-8-19-9-6-17;;;;/h3,10,12H,1-2,5-9H2;3*1H3;. The summed E-state index contributed by atoms with van der Waals surface area (Å²) >= 11 is -2.28. The molecule has 2 aromatic rings. The molecule has 0 spiro atoms. The first-order valence-electron chi connectivity index (χ1n) is 8.88. The predicted octanol–water partition coefficient (Wildman–Crippen LogP) is 1.96. The van der Waals surface area contributed by atoms with Gasteiger partial charge in [-0.25, -0.2) is 0 Å². The van der Waals surface area contributed by atoms with E-state index >= 15 is 0 Å². The van der Waals surface area contributed by atoms with Crippen LogP contribution in [-0.2, 0) is 9.47 Å². The fraction of sp³-hybridized carbons (Fsp3) is 0.647. The van der Waals surface area contributed by atoms with Gasteiger partial charge in [0.2, 0.25) is 0 Å². The van der Waals surface area contributed by atoms with E-state index in [1.165, 1.54) is 3.71 Å². The van der Waals surface area contributed by atoms with Crippen LogP contribution in [0.2, 0.25) is 14.8 Å². The minimum atomic E-state index is -2.28. The van der Waals surface area contributed by atoms with Crippen LogP contribution in [0.15, 0.2) is 12.1 Å². The molecule has 0 aromatic carbocycles. The summed E-state index contributed by atoms with van der Waals surface area (Å²) in [5.41, 5.74) is 1.99. The summed E-state index contributed by atoms with van der Waals surface area (Å²) in [6.07, 6.45) is 2.31. The van der Waals surface area contributed by atoms with Crippen molar-refractivity contribution >= 4 is 33.6 Å². The Morgan fingerprint density at radius 1 is 1.12 bits per heavy atom. The summed E-state index contributed by atoms with van der Waals surface area (Å²) in [7, 11) is 0. The van der Waals surface area contributed by atoms with Crippen molar-refractivity contribution in [2.45, 2.75) is 33.8 Å². The summed E-state index contributed by atoms with van der Waals surface area (Å²) in [4.78, 5) is 14.6. The second kappa shape index (κ2) is 6.46. The molecule has 2 saturated heterocycles. The quantitative estimate of drug-likeness (QED) is 0.688. The van der Waals surface area contributed by atoms with Crippen molar-refractivity contribution in [3.63, 3.8) is 0 Å². The van der Waals surface area contributed by atoms with Gasteiger partial charge in [-0.3, -0.25) is 0 Å². The molecular weight excluding hydrogens is 411 g/mol. The summed E-state index contributed by atoms with van der Waals surface area (Å²) in [5.74, 6) is 1.16. The van der Waals surface area contributed by atoms with E-state index in [-0.39, 0.29) is 6.10 Å². The Morgan fingerprint density at radius 3 is 2.58 bits per heavy atom. The Morgan fingerprint density at radius 2 is 1.92 bits per heavy atom. The van der Waals surface area contributed by atoms with Crippen molar-refractivity contribution in [3.05, 3.63) is 17.8 Å². The molecule has 2 aliphatic rings. The summed E-state index contributed by atoms with van der Waals surface area (Å²) < 4.78 is 14.7. The van der Waals surface area contributed by atoms with Gasteiger partial charge >= 0.3 is 147 Å². The van der Waals surface area contributed by atoms with Crippen LogP contribution in [0.25, 0.3) is 5.65 Å². The Labute approximate surface area is 147 Å². The SMILES string of the molecule is [CH3][Sn]([CH3])([CH3])[c]1cc(N2CCOCC2)n2nc(C3CCCO3)cc2n1. The summed E-state index contributed by atoms with van der Waals surface area (Å²) in [5, 5.41) is 4.86. The van der Waals surface area contributed by atoms with Crippen LogP contribution in [0.3, 0.4) is 0 Å². The minimum absolute atomic E-state index is 0.130. The van der Waals surface area contributed by atoms with Gasteiger partial charge in [0.1, 0.15) is 0 Å². The first-order chi connectivity index (χ1) is 11.5. The van der Waals surface area contributed by atoms with Crippen molar-refractivity contribution < 1.29 is 9.47 Å². The molecule has 6 nitrogen and oxygen atoms in total. The molecule has 2 aliphatic heterocycles. The molecule has 1 atom stereocenters. The molecule has 0 N–H and O–H groups in total. The van der Waals surface area contributed by atoms with Gasteiger partial charge in [0.05, 0.1) is 0 Å². The van der Waals surface area contributed by atoms with Gasteiger partial charge in [-0.2, -0.15) is 0 Å². The maximum absolute atomic E-state index is 5.83. The van der Waals surface area contributed by atoms with Crippen molar-refractivity contribution in [1.29, 1.82) is 0 Å². The summed E-state index contributed by atoms with van der Waals surface area (Å²) in [6, 6.07) is 4.40. The maximum atomic E-state index is 5.83. The van der Waals surface area contributed by atoms with E-state index in [0.29, 0.717) is 0 Å². The number of hydrogen-bond donors (Lipinski definition) is 0. The normalized spacial score (nSPS) is 22.5. The molecule has 7 heteroatoms. The van der Waals surface area contributed by atoms with Crippen LogP contribution in [-0.4, -0.2) is 65.9 Å². The van der Waals surface area contributed by atoms with Gasteiger partial charge in [0.25, 0.3) is 0 Å². The van der Waals surface area contributed by atoms with Crippen molar-refractivity contribution in [3.8, 4) is 0 Å². The number of aromatic nitrogens is 3. The molecule has 4 rings (SSSR count). The van der Waals surface area contributed by atoms with Gasteiger partial charge in [-0.1, -0.05) is 0 Å².